The van der Waals surface area contributed by atoms with Gasteiger partial charge in [-0.05, 0) is 32.4 Å². The number of unbranched alkanes of at least 4 members (excludes halogenated alkanes) is 1. The second kappa shape index (κ2) is 9.52. The Morgan fingerprint density at radius 2 is 1.95 bits per heavy atom. The highest BCUT2D eigenvalue weighted by Gasteiger charge is 2.16. The van der Waals surface area contributed by atoms with Gasteiger partial charge in [0.25, 0.3) is 0 Å². The summed E-state index contributed by atoms with van der Waals surface area (Å²) < 4.78 is 17.5. The molecule has 21 heavy (non-hydrogen) atoms. The number of hydrogen-bond acceptors (Lipinski definition) is 5. The zero-order valence-corrected chi connectivity index (χ0v) is 13.8. The van der Waals surface area contributed by atoms with Crippen molar-refractivity contribution in [3.8, 4) is 11.5 Å². The molecule has 1 aromatic carbocycles. The molecule has 0 saturated heterocycles. The van der Waals surface area contributed by atoms with Crippen LogP contribution in [-0.2, 0) is 4.18 Å². The minimum Gasteiger partial charge on any atom is -0.487 e. The highest BCUT2D eigenvalue weighted by Crippen LogP contribution is 2.28. The fourth-order valence-corrected chi connectivity index (χ4v) is 1.84. The van der Waals surface area contributed by atoms with Crippen molar-refractivity contribution >= 4 is 18.3 Å². The summed E-state index contributed by atoms with van der Waals surface area (Å²) in [6.45, 7) is 6.52. The molecule has 0 radical (unpaired) electrons. The molecular weight excluding hydrogens is 290 g/mol. The monoisotopic (exact) mass is 313 g/mol. The van der Waals surface area contributed by atoms with Crippen LogP contribution in [0.25, 0.3) is 0 Å². The molecule has 1 rings (SSSR count). The zero-order chi connectivity index (χ0) is 15.7. The van der Waals surface area contributed by atoms with Crippen LogP contribution in [-0.4, -0.2) is 30.2 Å². The highest BCUT2D eigenvalue weighted by atomic mass is 32.2. The maximum absolute atomic E-state index is 12.0. The van der Waals surface area contributed by atoms with Crippen LogP contribution in [0.4, 0.5) is 4.79 Å². The van der Waals surface area contributed by atoms with Crippen molar-refractivity contribution in [2.24, 2.45) is 0 Å². The van der Waals surface area contributed by atoms with E-state index in [-0.39, 0.29) is 6.10 Å². The van der Waals surface area contributed by atoms with Gasteiger partial charge in [-0.25, -0.2) is 9.10 Å². The molecule has 0 aromatic heterocycles. The number of hydrogen-bond donors (Lipinski definition) is 0. The number of para-hydroxylation sites is 2. The normalized spacial score (nSPS) is 10.5. The zero-order valence-electron chi connectivity index (χ0n) is 13.0. The number of carbonyl (C=O) groups excluding carboxylic acids is 1. The molecule has 0 atom stereocenters. The summed E-state index contributed by atoms with van der Waals surface area (Å²) in [7, 11) is 1.60. The first kappa shape index (κ1) is 17.7. The van der Waals surface area contributed by atoms with Gasteiger partial charge in [-0.3, -0.25) is 4.18 Å². The second-order valence-corrected chi connectivity index (χ2v) is 5.66. The van der Waals surface area contributed by atoms with Gasteiger partial charge in [0.05, 0.1) is 12.7 Å². The molecule has 0 heterocycles. The van der Waals surface area contributed by atoms with Crippen LogP contribution in [0.5, 0.6) is 11.5 Å². The van der Waals surface area contributed by atoms with Gasteiger partial charge in [0.1, 0.15) is 12.2 Å². The van der Waals surface area contributed by atoms with Gasteiger partial charge in [0, 0.05) is 7.05 Å². The second-order valence-electron chi connectivity index (χ2n) is 4.73. The lowest BCUT2D eigenvalue weighted by Crippen LogP contribution is -2.24. The van der Waals surface area contributed by atoms with E-state index in [0.717, 1.165) is 25.1 Å². The van der Waals surface area contributed by atoms with Crippen molar-refractivity contribution in [2.45, 2.75) is 39.7 Å². The quantitative estimate of drug-likeness (QED) is 0.407. The Morgan fingerprint density at radius 1 is 1.29 bits per heavy atom. The lowest BCUT2D eigenvalue weighted by atomic mass is 10.3. The lowest BCUT2D eigenvalue weighted by molar-refractivity contribution is 0.178. The van der Waals surface area contributed by atoms with E-state index in [2.05, 4.69) is 6.92 Å². The van der Waals surface area contributed by atoms with E-state index in [4.69, 9.17) is 13.7 Å². The number of ether oxygens (including phenoxy) is 2. The molecular formula is C15H23NO4S. The van der Waals surface area contributed by atoms with E-state index in [1.54, 1.807) is 25.2 Å². The van der Waals surface area contributed by atoms with Crippen LogP contribution in [0.3, 0.4) is 0 Å². The Hall–Kier alpha value is -1.40. The molecule has 1 aromatic rings. The third-order valence-corrected chi connectivity index (χ3v) is 3.06. The average Bonchev–Trinajstić information content (AvgIpc) is 2.45. The number of nitrogens with zero attached hydrogens (tertiary/aromatic N) is 1. The molecule has 0 N–H and O–H groups in total. The van der Waals surface area contributed by atoms with Crippen LogP contribution >= 0.6 is 12.2 Å². The molecule has 0 unspecified atom stereocenters. The standard InChI is InChI=1S/C15H23NO4S/c1-5-6-11-18-21-16(4)15(17)20-14-10-8-7-9-13(14)19-12(2)3/h7-10,12H,5-6,11H2,1-4H3. The average molecular weight is 313 g/mol. The maximum Gasteiger partial charge on any atom is 0.426 e. The van der Waals surface area contributed by atoms with E-state index in [0.29, 0.717) is 18.1 Å². The molecule has 6 heteroatoms. The molecule has 118 valence electrons. The molecule has 5 nitrogen and oxygen atoms in total. The summed E-state index contributed by atoms with van der Waals surface area (Å²) in [5, 5.41) is 0. The third-order valence-electron chi connectivity index (χ3n) is 2.41. The molecule has 0 aliphatic heterocycles. The predicted octanol–water partition coefficient (Wildman–Crippen LogP) is 4.28. The van der Waals surface area contributed by atoms with Gasteiger partial charge in [-0.2, -0.15) is 0 Å². The Balaban J connectivity index is 2.53. The highest BCUT2D eigenvalue weighted by molar-refractivity contribution is 7.92. The van der Waals surface area contributed by atoms with Gasteiger partial charge >= 0.3 is 6.09 Å². The molecule has 0 fully saturated rings. The van der Waals surface area contributed by atoms with Crippen molar-refractivity contribution in [3.63, 3.8) is 0 Å². The Labute approximate surface area is 130 Å². The minimum absolute atomic E-state index is 0.00864. The SMILES string of the molecule is CCCCOSN(C)C(=O)Oc1ccccc1OC(C)C. The van der Waals surface area contributed by atoms with Gasteiger partial charge < -0.3 is 9.47 Å². The molecule has 0 aliphatic rings. The summed E-state index contributed by atoms with van der Waals surface area (Å²) >= 11 is 0.981. The number of amides is 1. The van der Waals surface area contributed by atoms with Crippen LogP contribution in [0.1, 0.15) is 33.6 Å². The Morgan fingerprint density at radius 3 is 2.57 bits per heavy atom. The van der Waals surface area contributed by atoms with Crippen LogP contribution in [0, 0.1) is 0 Å². The summed E-state index contributed by atoms with van der Waals surface area (Å²) in [6, 6.07) is 7.10. The maximum atomic E-state index is 12.0. The lowest BCUT2D eigenvalue weighted by Gasteiger charge is -2.17. The van der Waals surface area contributed by atoms with Gasteiger partial charge in [0.2, 0.25) is 0 Å². The summed E-state index contributed by atoms with van der Waals surface area (Å²) in [5.41, 5.74) is 0. The Bertz CT molecular complexity index is 439. The predicted molar refractivity (Wildman–Crippen MR) is 84.4 cm³/mol. The van der Waals surface area contributed by atoms with Crippen LogP contribution in [0.2, 0.25) is 0 Å². The molecule has 0 saturated carbocycles. The summed E-state index contributed by atoms with van der Waals surface area (Å²) in [6.07, 6.45) is 1.51. The molecule has 0 aliphatic carbocycles. The largest absolute Gasteiger partial charge is 0.487 e. The fourth-order valence-electron chi connectivity index (χ4n) is 1.39. The summed E-state index contributed by atoms with van der Waals surface area (Å²) in [4.78, 5) is 12.0. The fraction of sp³-hybridized carbons (Fsp3) is 0.533. The smallest absolute Gasteiger partial charge is 0.426 e. The number of benzene rings is 1. The van der Waals surface area contributed by atoms with Crippen molar-refractivity contribution in [1.29, 1.82) is 0 Å². The van der Waals surface area contributed by atoms with E-state index >= 15 is 0 Å². The number of carbonyl (C=O) groups is 1. The minimum atomic E-state index is -0.503. The molecule has 0 spiro atoms. The van der Waals surface area contributed by atoms with E-state index in [9.17, 15) is 4.79 Å². The number of rotatable bonds is 8. The van der Waals surface area contributed by atoms with E-state index in [1.165, 1.54) is 4.31 Å². The van der Waals surface area contributed by atoms with Crippen molar-refractivity contribution in [3.05, 3.63) is 24.3 Å². The first-order valence-corrected chi connectivity index (χ1v) is 7.75. The van der Waals surface area contributed by atoms with Crippen molar-refractivity contribution < 1.29 is 18.5 Å². The van der Waals surface area contributed by atoms with Crippen molar-refractivity contribution in [2.75, 3.05) is 13.7 Å². The first-order chi connectivity index (χ1) is 10.0. The van der Waals surface area contributed by atoms with E-state index < -0.39 is 6.09 Å². The van der Waals surface area contributed by atoms with Crippen molar-refractivity contribution in [1.82, 2.24) is 4.31 Å². The Kier molecular flexibility index (Phi) is 8.00. The van der Waals surface area contributed by atoms with Crippen LogP contribution < -0.4 is 9.47 Å². The van der Waals surface area contributed by atoms with E-state index in [1.807, 2.05) is 19.9 Å². The van der Waals surface area contributed by atoms with Crippen LogP contribution in [0.15, 0.2) is 24.3 Å². The topological polar surface area (TPSA) is 48.0 Å². The first-order valence-electron chi connectivity index (χ1n) is 7.05. The summed E-state index contributed by atoms with van der Waals surface area (Å²) in [5.74, 6) is 0.948. The van der Waals surface area contributed by atoms with Gasteiger partial charge in [0.15, 0.2) is 11.5 Å². The molecule has 1 amide bonds. The molecule has 0 bridgehead atoms. The van der Waals surface area contributed by atoms with Gasteiger partial charge in [-0.1, -0.05) is 25.5 Å². The van der Waals surface area contributed by atoms with Gasteiger partial charge in [-0.15, -0.1) is 0 Å². The third kappa shape index (κ3) is 6.73.